The van der Waals surface area contributed by atoms with Crippen molar-refractivity contribution in [3.63, 3.8) is 0 Å². The number of hydrogen-bond acceptors (Lipinski definition) is 7. The second kappa shape index (κ2) is 5.81. The van der Waals surface area contributed by atoms with E-state index in [-0.39, 0.29) is 12.0 Å². The molecule has 1 atom stereocenters. The zero-order valence-electron chi connectivity index (χ0n) is 10.8. The van der Waals surface area contributed by atoms with Gasteiger partial charge in [-0.3, -0.25) is 0 Å². The molecule has 1 unspecified atom stereocenters. The molecule has 1 saturated heterocycles. The number of hydrogen-bond donors (Lipinski definition) is 1. The quantitative estimate of drug-likeness (QED) is 0.827. The van der Waals surface area contributed by atoms with E-state index in [0.717, 1.165) is 26.1 Å². The Balaban J connectivity index is 2.12. The molecule has 0 radical (unpaired) electrons. The molecule has 7 heteroatoms. The van der Waals surface area contributed by atoms with Crippen LogP contribution >= 0.6 is 0 Å². The van der Waals surface area contributed by atoms with Gasteiger partial charge < -0.3 is 20.1 Å². The van der Waals surface area contributed by atoms with Crippen LogP contribution in [0.25, 0.3) is 0 Å². The van der Waals surface area contributed by atoms with Crippen molar-refractivity contribution in [2.75, 3.05) is 44.5 Å². The molecule has 2 rings (SSSR count). The average Bonchev–Trinajstić information content (AvgIpc) is 2.39. The van der Waals surface area contributed by atoms with Crippen molar-refractivity contribution < 1.29 is 9.47 Å². The second-order valence-corrected chi connectivity index (χ2v) is 4.39. The highest BCUT2D eigenvalue weighted by molar-refractivity contribution is 5.36. The van der Waals surface area contributed by atoms with Gasteiger partial charge >= 0.3 is 6.01 Å². The molecule has 100 valence electrons. The van der Waals surface area contributed by atoms with E-state index in [1.165, 1.54) is 13.5 Å². The summed E-state index contributed by atoms with van der Waals surface area (Å²) in [5.74, 6) is 1.28. The molecule has 7 nitrogen and oxygen atoms in total. The number of nitrogen functional groups attached to an aromatic ring is 1. The minimum atomic E-state index is 0.186. The summed E-state index contributed by atoms with van der Waals surface area (Å²) < 4.78 is 10.2. The topological polar surface area (TPSA) is 86.4 Å². The van der Waals surface area contributed by atoms with E-state index in [4.69, 9.17) is 15.2 Å². The van der Waals surface area contributed by atoms with Crippen LogP contribution in [0.3, 0.4) is 0 Å². The van der Waals surface area contributed by atoms with Crippen molar-refractivity contribution in [1.29, 1.82) is 0 Å². The van der Waals surface area contributed by atoms with Gasteiger partial charge in [0.2, 0.25) is 11.9 Å². The van der Waals surface area contributed by atoms with Gasteiger partial charge in [-0.05, 0) is 18.8 Å². The molecule has 2 N–H and O–H groups in total. The molecule has 0 saturated carbocycles. The van der Waals surface area contributed by atoms with Crippen LogP contribution in [0.4, 0.5) is 11.9 Å². The largest absolute Gasteiger partial charge is 0.467 e. The second-order valence-electron chi connectivity index (χ2n) is 4.39. The van der Waals surface area contributed by atoms with Gasteiger partial charge in [-0.1, -0.05) is 0 Å². The lowest BCUT2D eigenvalue weighted by Gasteiger charge is -2.32. The first-order chi connectivity index (χ1) is 8.72. The first kappa shape index (κ1) is 12.8. The Hall–Kier alpha value is -1.63. The summed E-state index contributed by atoms with van der Waals surface area (Å²) in [7, 11) is 3.24. The summed E-state index contributed by atoms with van der Waals surface area (Å²) in [6, 6.07) is 0.256. The lowest BCUT2D eigenvalue weighted by atomic mass is 9.99. The lowest BCUT2D eigenvalue weighted by Crippen LogP contribution is -2.38. The highest BCUT2D eigenvalue weighted by Gasteiger charge is 2.22. The van der Waals surface area contributed by atoms with E-state index in [2.05, 4.69) is 19.9 Å². The number of anilines is 2. The first-order valence-electron chi connectivity index (χ1n) is 6.02. The Morgan fingerprint density at radius 1 is 1.33 bits per heavy atom. The minimum Gasteiger partial charge on any atom is -0.467 e. The lowest BCUT2D eigenvalue weighted by molar-refractivity contribution is 0.143. The fourth-order valence-corrected chi connectivity index (χ4v) is 2.21. The molecule has 1 aromatic rings. The molecule has 1 aliphatic rings. The SMILES string of the molecule is COCC1CCCN(c2nc(N)nc(OC)n2)C1. The van der Waals surface area contributed by atoms with Gasteiger partial charge in [-0.2, -0.15) is 15.0 Å². The van der Waals surface area contributed by atoms with Gasteiger partial charge in [0.1, 0.15) is 0 Å². The van der Waals surface area contributed by atoms with E-state index in [1.807, 2.05) is 0 Å². The summed E-state index contributed by atoms with van der Waals surface area (Å²) in [6.45, 7) is 2.56. The standard InChI is InChI=1S/C11H19N5O2/c1-17-7-8-4-3-5-16(6-8)10-13-9(12)14-11(15-10)18-2/h8H,3-7H2,1-2H3,(H2,12,13,14,15). The Bertz CT molecular complexity index is 399. The molecule has 0 spiro atoms. The van der Waals surface area contributed by atoms with E-state index in [0.29, 0.717) is 11.9 Å². The predicted molar refractivity (Wildman–Crippen MR) is 67.6 cm³/mol. The first-order valence-corrected chi connectivity index (χ1v) is 6.02. The number of nitrogens with zero attached hydrogens (tertiary/aromatic N) is 4. The molecule has 1 fully saturated rings. The Morgan fingerprint density at radius 2 is 2.17 bits per heavy atom. The Morgan fingerprint density at radius 3 is 2.89 bits per heavy atom. The summed E-state index contributed by atoms with van der Waals surface area (Å²) in [5, 5.41) is 0. The van der Waals surface area contributed by atoms with Crippen LogP contribution in [0.1, 0.15) is 12.8 Å². The summed E-state index contributed by atoms with van der Waals surface area (Å²) in [6.07, 6.45) is 2.27. The number of rotatable bonds is 4. The molecule has 0 aromatic carbocycles. The fraction of sp³-hybridized carbons (Fsp3) is 0.727. The van der Waals surface area contributed by atoms with Crippen molar-refractivity contribution in [2.24, 2.45) is 5.92 Å². The molecule has 18 heavy (non-hydrogen) atoms. The third-order valence-electron chi connectivity index (χ3n) is 3.01. The fourth-order valence-electron chi connectivity index (χ4n) is 2.21. The maximum atomic E-state index is 5.64. The van der Waals surface area contributed by atoms with Crippen LogP contribution in [0.15, 0.2) is 0 Å². The monoisotopic (exact) mass is 253 g/mol. The number of nitrogens with two attached hydrogens (primary N) is 1. The summed E-state index contributed by atoms with van der Waals surface area (Å²) >= 11 is 0. The number of aromatic nitrogens is 3. The van der Waals surface area contributed by atoms with Crippen LogP contribution in [-0.2, 0) is 4.74 Å². The molecular weight excluding hydrogens is 234 g/mol. The molecule has 1 aliphatic heterocycles. The van der Waals surface area contributed by atoms with Gasteiger partial charge in [0.15, 0.2) is 0 Å². The molecule has 0 aliphatic carbocycles. The van der Waals surface area contributed by atoms with Crippen LogP contribution in [0.2, 0.25) is 0 Å². The number of ether oxygens (including phenoxy) is 2. The number of methoxy groups -OCH3 is 2. The van der Waals surface area contributed by atoms with Crippen LogP contribution in [0.5, 0.6) is 6.01 Å². The minimum absolute atomic E-state index is 0.186. The maximum absolute atomic E-state index is 5.64. The third kappa shape index (κ3) is 2.98. The number of piperidine rings is 1. The average molecular weight is 253 g/mol. The zero-order valence-corrected chi connectivity index (χ0v) is 10.8. The zero-order chi connectivity index (χ0) is 13.0. The smallest absolute Gasteiger partial charge is 0.322 e. The van der Waals surface area contributed by atoms with Crippen molar-refractivity contribution in [3.05, 3.63) is 0 Å². The highest BCUT2D eigenvalue weighted by atomic mass is 16.5. The highest BCUT2D eigenvalue weighted by Crippen LogP contribution is 2.22. The van der Waals surface area contributed by atoms with E-state index < -0.39 is 0 Å². The Labute approximate surface area is 106 Å². The van der Waals surface area contributed by atoms with Crippen molar-refractivity contribution in [3.8, 4) is 6.01 Å². The van der Waals surface area contributed by atoms with E-state index in [1.54, 1.807) is 7.11 Å². The summed E-state index contributed by atoms with van der Waals surface area (Å²) in [4.78, 5) is 14.4. The Kier molecular flexibility index (Phi) is 4.14. The molecule has 1 aromatic heterocycles. The van der Waals surface area contributed by atoms with Crippen LogP contribution in [-0.4, -0.2) is 48.9 Å². The molecule has 0 amide bonds. The normalized spacial score (nSPS) is 19.9. The molecular formula is C11H19N5O2. The molecule has 2 heterocycles. The van der Waals surface area contributed by atoms with E-state index in [9.17, 15) is 0 Å². The molecule has 0 bridgehead atoms. The van der Waals surface area contributed by atoms with Crippen LogP contribution < -0.4 is 15.4 Å². The predicted octanol–water partition coefficient (Wildman–Crippen LogP) is 0.325. The third-order valence-corrected chi connectivity index (χ3v) is 3.01. The van der Waals surface area contributed by atoms with Gasteiger partial charge in [0, 0.05) is 20.2 Å². The van der Waals surface area contributed by atoms with Crippen molar-refractivity contribution in [2.45, 2.75) is 12.8 Å². The van der Waals surface area contributed by atoms with Crippen molar-refractivity contribution >= 4 is 11.9 Å². The van der Waals surface area contributed by atoms with Crippen LogP contribution in [0, 0.1) is 5.92 Å². The van der Waals surface area contributed by atoms with Gasteiger partial charge in [-0.15, -0.1) is 0 Å². The maximum Gasteiger partial charge on any atom is 0.322 e. The summed E-state index contributed by atoms with van der Waals surface area (Å²) in [5.41, 5.74) is 5.64. The van der Waals surface area contributed by atoms with Gasteiger partial charge in [-0.25, -0.2) is 0 Å². The van der Waals surface area contributed by atoms with Gasteiger partial charge in [0.05, 0.1) is 13.7 Å². The van der Waals surface area contributed by atoms with E-state index >= 15 is 0 Å². The van der Waals surface area contributed by atoms with Gasteiger partial charge in [0.25, 0.3) is 0 Å². The van der Waals surface area contributed by atoms with Crippen molar-refractivity contribution in [1.82, 2.24) is 15.0 Å².